The van der Waals surface area contributed by atoms with Crippen molar-refractivity contribution in [2.24, 2.45) is 0 Å². The molecule has 0 saturated heterocycles. The van der Waals surface area contributed by atoms with Crippen molar-refractivity contribution in [2.75, 3.05) is 0 Å². The first kappa shape index (κ1) is 25.2. The minimum Gasteiger partial charge on any atom is -0.507 e. The molecule has 8 heteroatoms. The summed E-state index contributed by atoms with van der Waals surface area (Å²) in [5.41, 5.74) is 1.84. The van der Waals surface area contributed by atoms with Crippen LogP contribution in [0.15, 0.2) is 60.9 Å². The summed E-state index contributed by atoms with van der Waals surface area (Å²) in [6, 6.07) is 12.7. The number of hydrogen-bond acceptors (Lipinski definition) is 5. The summed E-state index contributed by atoms with van der Waals surface area (Å²) < 4.78 is 44.8. The number of rotatable bonds is 10. The number of nitrogens with zero attached hydrogens (tertiary/aromatic N) is 2. The molecule has 0 bridgehead atoms. The predicted molar refractivity (Wildman–Crippen MR) is 123 cm³/mol. The van der Waals surface area contributed by atoms with Crippen molar-refractivity contribution in [2.45, 2.75) is 57.7 Å². The van der Waals surface area contributed by atoms with Gasteiger partial charge in [-0.05, 0) is 31.0 Å². The van der Waals surface area contributed by atoms with Crippen LogP contribution in [0.2, 0.25) is 0 Å². The number of phenolic OH excluding ortho intramolecular Hbond substituents is 1. The van der Waals surface area contributed by atoms with Crippen molar-refractivity contribution in [1.29, 1.82) is 0 Å². The van der Waals surface area contributed by atoms with Crippen molar-refractivity contribution in [3.63, 3.8) is 0 Å². The maximum Gasteiger partial charge on any atom is 0.425 e. The van der Waals surface area contributed by atoms with Gasteiger partial charge in [-0.25, -0.2) is 14.8 Å². The Bertz CT molecular complexity index is 1070. The molecule has 0 radical (unpaired) electrons. The number of para-hydroxylation sites is 1. The van der Waals surface area contributed by atoms with Crippen LogP contribution in [-0.4, -0.2) is 33.3 Å². The highest BCUT2D eigenvalue weighted by Crippen LogP contribution is 2.30. The number of hydrogen-bond donors (Lipinski definition) is 1. The van der Waals surface area contributed by atoms with Crippen molar-refractivity contribution in [3.8, 4) is 28.3 Å². The van der Waals surface area contributed by atoms with Crippen LogP contribution in [0.3, 0.4) is 0 Å². The minimum atomic E-state index is -4.61. The van der Waals surface area contributed by atoms with Gasteiger partial charge in [0.05, 0.1) is 5.56 Å². The molecule has 1 N–H and O–H groups in total. The first-order chi connectivity index (χ1) is 16.3. The molecule has 34 heavy (non-hydrogen) atoms. The third-order valence-corrected chi connectivity index (χ3v) is 5.43. The fourth-order valence-electron chi connectivity index (χ4n) is 3.51. The van der Waals surface area contributed by atoms with Gasteiger partial charge in [0, 0.05) is 29.1 Å². The average Bonchev–Trinajstić information content (AvgIpc) is 2.83. The molecule has 1 heterocycles. The number of esters is 1. The molecular formula is C26H27F3N2O3. The van der Waals surface area contributed by atoms with Crippen LogP contribution in [0.1, 0.15) is 55.8 Å². The van der Waals surface area contributed by atoms with Gasteiger partial charge in [0.25, 0.3) is 0 Å². The van der Waals surface area contributed by atoms with Gasteiger partial charge < -0.3 is 9.84 Å². The molecule has 2 aromatic carbocycles. The highest BCUT2D eigenvalue weighted by Gasteiger charge is 2.42. The lowest BCUT2D eigenvalue weighted by atomic mass is 10.1. The van der Waals surface area contributed by atoms with E-state index in [2.05, 4.69) is 9.97 Å². The monoisotopic (exact) mass is 472 g/mol. The summed E-state index contributed by atoms with van der Waals surface area (Å²) in [6.45, 7) is 2.03. The number of halogens is 3. The van der Waals surface area contributed by atoms with E-state index < -0.39 is 18.2 Å². The van der Waals surface area contributed by atoms with Crippen molar-refractivity contribution in [1.82, 2.24) is 9.97 Å². The molecule has 0 fully saturated rings. The predicted octanol–water partition coefficient (Wildman–Crippen LogP) is 6.96. The van der Waals surface area contributed by atoms with E-state index in [4.69, 9.17) is 4.74 Å². The molecule has 0 aliphatic heterocycles. The van der Waals surface area contributed by atoms with Crippen molar-refractivity contribution in [3.05, 3.63) is 66.5 Å². The number of phenols is 1. The van der Waals surface area contributed by atoms with Crippen LogP contribution in [0.25, 0.3) is 22.5 Å². The van der Waals surface area contributed by atoms with E-state index in [9.17, 15) is 23.1 Å². The van der Waals surface area contributed by atoms with E-state index in [0.29, 0.717) is 35.4 Å². The summed E-state index contributed by atoms with van der Waals surface area (Å²) in [5.74, 6) is -0.530. The van der Waals surface area contributed by atoms with Gasteiger partial charge in [0.15, 0.2) is 11.9 Å². The maximum absolute atomic E-state index is 13.3. The Morgan fingerprint density at radius 2 is 1.59 bits per heavy atom. The molecule has 1 aromatic heterocycles. The summed E-state index contributed by atoms with van der Waals surface area (Å²) in [7, 11) is 0. The highest BCUT2D eigenvalue weighted by molar-refractivity contribution is 5.90. The lowest BCUT2D eigenvalue weighted by molar-refractivity contribution is -0.206. The maximum atomic E-state index is 13.3. The van der Waals surface area contributed by atoms with Crippen LogP contribution in [0.4, 0.5) is 13.2 Å². The van der Waals surface area contributed by atoms with Gasteiger partial charge in [0.1, 0.15) is 5.75 Å². The number of aromatic nitrogens is 2. The fraction of sp³-hybridized carbons (Fsp3) is 0.346. The summed E-state index contributed by atoms with van der Waals surface area (Å²) >= 11 is 0. The fourth-order valence-corrected chi connectivity index (χ4v) is 3.51. The Kier molecular flexibility index (Phi) is 8.62. The van der Waals surface area contributed by atoms with Crippen LogP contribution < -0.4 is 0 Å². The number of carbonyl (C=O) groups excluding carboxylic acids is 1. The smallest absolute Gasteiger partial charge is 0.425 e. The molecule has 1 unspecified atom stereocenters. The lowest BCUT2D eigenvalue weighted by Gasteiger charge is -2.20. The zero-order chi connectivity index (χ0) is 24.6. The van der Waals surface area contributed by atoms with E-state index in [1.807, 2.05) is 6.92 Å². The normalized spacial score (nSPS) is 12.4. The molecule has 0 amide bonds. The number of carbonyl (C=O) groups is 1. The molecule has 0 aliphatic rings. The molecule has 3 aromatic rings. The third-order valence-electron chi connectivity index (χ3n) is 5.43. The zero-order valence-corrected chi connectivity index (χ0v) is 18.9. The second-order valence-electron chi connectivity index (χ2n) is 8.03. The van der Waals surface area contributed by atoms with E-state index in [0.717, 1.165) is 19.3 Å². The SMILES string of the molecule is CCCCCCCC(OC(=O)c1ccc(-c2ncc(-c3ccccc3O)cn2)cc1)C(F)(F)F. The summed E-state index contributed by atoms with van der Waals surface area (Å²) in [5, 5.41) is 9.96. The minimum absolute atomic E-state index is 0.0230. The topological polar surface area (TPSA) is 72.3 Å². The summed E-state index contributed by atoms with van der Waals surface area (Å²) in [6.07, 6.45) is 0.0286. The number of unbranched alkanes of at least 4 members (excludes halogenated alkanes) is 4. The number of ether oxygens (including phenoxy) is 1. The van der Waals surface area contributed by atoms with E-state index in [1.165, 1.54) is 12.1 Å². The van der Waals surface area contributed by atoms with Gasteiger partial charge in [-0.1, -0.05) is 62.9 Å². The zero-order valence-electron chi connectivity index (χ0n) is 18.9. The average molecular weight is 473 g/mol. The Labute approximate surface area is 196 Å². The second kappa shape index (κ2) is 11.6. The van der Waals surface area contributed by atoms with Crippen LogP contribution in [-0.2, 0) is 4.74 Å². The van der Waals surface area contributed by atoms with Gasteiger partial charge in [0.2, 0.25) is 0 Å². The first-order valence-electron chi connectivity index (χ1n) is 11.3. The summed E-state index contributed by atoms with van der Waals surface area (Å²) in [4.78, 5) is 20.9. The van der Waals surface area contributed by atoms with Crippen LogP contribution >= 0.6 is 0 Å². The Morgan fingerprint density at radius 1 is 0.941 bits per heavy atom. The first-order valence-corrected chi connectivity index (χ1v) is 11.3. The standard InChI is InChI=1S/C26H27F3N2O3/c1-2-3-4-5-6-11-23(26(27,28)29)34-25(33)19-14-12-18(13-15-19)24-30-16-20(17-31-24)21-9-7-8-10-22(21)32/h7-10,12-17,23,32H,2-6,11H2,1H3. The van der Waals surface area contributed by atoms with Gasteiger partial charge in [-0.15, -0.1) is 0 Å². The van der Waals surface area contributed by atoms with E-state index >= 15 is 0 Å². The molecular weight excluding hydrogens is 445 g/mol. The van der Waals surface area contributed by atoms with Crippen LogP contribution in [0, 0.1) is 0 Å². The molecule has 3 rings (SSSR count). The molecule has 0 spiro atoms. The molecule has 5 nitrogen and oxygen atoms in total. The van der Waals surface area contributed by atoms with Crippen LogP contribution in [0.5, 0.6) is 5.75 Å². The Morgan fingerprint density at radius 3 is 2.21 bits per heavy atom. The Hall–Kier alpha value is -3.42. The number of aromatic hydroxyl groups is 1. The molecule has 1 atom stereocenters. The van der Waals surface area contributed by atoms with Gasteiger partial charge >= 0.3 is 12.1 Å². The number of alkyl halides is 3. The second-order valence-corrected chi connectivity index (χ2v) is 8.03. The third kappa shape index (κ3) is 6.79. The quantitative estimate of drug-likeness (QED) is 0.255. The van der Waals surface area contributed by atoms with Crippen molar-refractivity contribution >= 4 is 5.97 Å². The Balaban J connectivity index is 1.64. The largest absolute Gasteiger partial charge is 0.507 e. The lowest BCUT2D eigenvalue weighted by Crippen LogP contribution is -2.33. The van der Waals surface area contributed by atoms with Crippen molar-refractivity contribution < 1.29 is 27.8 Å². The highest BCUT2D eigenvalue weighted by atomic mass is 19.4. The van der Waals surface area contributed by atoms with E-state index in [-0.39, 0.29) is 17.7 Å². The van der Waals surface area contributed by atoms with E-state index in [1.54, 1.807) is 48.8 Å². The van der Waals surface area contributed by atoms with Gasteiger partial charge in [-0.3, -0.25) is 0 Å². The molecule has 0 aliphatic carbocycles. The molecule has 0 saturated carbocycles. The molecule has 180 valence electrons. The number of benzene rings is 2. The van der Waals surface area contributed by atoms with Gasteiger partial charge in [-0.2, -0.15) is 13.2 Å².